The van der Waals surface area contributed by atoms with Gasteiger partial charge in [-0.3, -0.25) is 0 Å². The third-order valence-electron chi connectivity index (χ3n) is 4.32. The second-order valence-corrected chi connectivity index (χ2v) is 5.58. The molecular weight excluding hydrogens is 170 g/mol. The van der Waals surface area contributed by atoms with Crippen molar-refractivity contribution in [1.29, 1.82) is 0 Å². The highest BCUT2D eigenvalue weighted by molar-refractivity contribution is 6.21. The molecule has 2 aliphatic carbocycles. The second-order valence-electron chi connectivity index (χ2n) is 5.02. The Morgan fingerprint density at radius 3 is 3.17 bits per heavy atom. The van der Waals surface area contributed by atoms with E-state index < -0.39 is 0 Å². The van der Waals surface area contributed by atoms with Crippen molar-refractivity contribution in [3.05, 3.63) is 0 Å². The maximum atomic E-state index is 6.38. The fourth-order valence-electron chi connectivity index (χ4n) is 3.66. The highest BCUT2D eigenvalue weighted by Crippen LogP contribution is 2.56. The summed E-state index contributed by atoms with van der Waals surface area (Å²) >= 11 is 6.38. The zero-order valence-electron chi connectivity index (χ0n) is 7.35. The molecule has 0 aromatic rings. The predicted molar refractivity (Wildman–Crippen MR) is 50.4 cm³/mol. The van der Waals surface area contributed by atoms with Gasteiger partial charge in [-0.05, 0) is 49.5 Å². The lowest BCUT2D eigenvalue weighted by atomic mass is 9.73. The Morgan fingerprint density at radius 1 is 1.33 bits per heavy atom. The summed E-state index contributed by atoms with van der Waals surface area (Å²) in [5, 5.41) is 4.09. The zero-order valence-corrected chi connectivity index (χ0v) is 8.11. The molecule has 68 valence electrons. The van der Waals surface area contributed by atoms with Gasteiger partial charge in [-0.2, -0.15) is 0 Å². The van der Waals surface area contributed by atoms with E-state index in [4.69, 9.17) is 11.6 Å². The summed E-state index contributed by atoms with van der Waals surface area (Å²) < 4.78 is 0. The van der Waals surface area contributed by atoms with Gasteiger partial charge in [-0.25, -0.2) is 0 Å². The average molecular weight is 186 g/mol. The van der Waals surface area contributed by atoms with Crippen LogP contribution >= 0.6 is 11.6 Å². The molecule has 4 atom stereocenters. The maximum absolute atomic E-state index is 6.38. The van der Waals surface area contributed by atoms with Crippen molar-refractivity contribution in [3.8, 4) is 0 Å². The van der Waals surface area contributed by atoms with E-state index in [9.17, 15) is 0 Å². The van der Waals surface area contributed by atoms with E-state index in [0.29, 0.717) is 10.8 Å². The van der Waals surface area contributed by atoms with E-state index in [1.54, 1.807) is 0 Å². The monoisotopic (exact) mass is 185 g/mol. The van der Waals surface area contributed by atoms with Gasteiger partial charge in [0, 0.05) is 11.9 Å². The molecule has 1 spiro atoms. The molecule has 0 amide bonds. The van der Waals surface area contributed by atoms with E-state index in [0.717, 1.165) is 11.8 Å². The predicted octanol–water partition coefficient (Wildman–Crippen LogP) is 2.00. The SMILES string of the molecule is ClC1CC23CCC(CNC2)C1C3. The average Bonchev–Trinajstić information content (AvgIpc) is 2.28. The van der Waals surface area contributed by atoms with Crippen LogP contribution in [0.3, 0.4) is 0 Å². The lowest BCUT2D eigenvalue weighted by Crippen LogP contribution is -2.30. The van der Waals surface area contributed by atoms with Crippen LogP contribution in [0.15, 0.2) is 0 Å². The number of rotatable bonds is 0. The molecule has 12 heavy (non-hydrogen) atoms. The zero-order chi connectivity index (χ0) is 8.18. The highest BCUT2D eigenvalue weighted by atomic mass is 35.5. The smallest absolute Gasteiger partial charge is 0.0373 e. The van der Waals surface area contributed by atoms with E-state index in [1.165, 1.54) is 38.8 Å². The van der Waals surface area contributed by atoms with Gasteiger partial charge in [0.15, 0.2) is 0 Å². The minimum Gasteiger partial charge on any atom is -0.316 e. The van der Waals surface area contributed by atoms with E-state index in [1.807, 2.05) is 0 Å². The summed E-state index contributed by atoms with van der Waals surface area (Å²) in [4.78, 5) is 0. The van der Waals surface area contributed by atoms with E-state index >= 15 is 0 Å². The van der Waals surface area contributed by atoms with Crippen molar-refractivity contribution in [2.45, 2.75) is 31.1 Å². The molecule has 1 N–H and O–H groups in total. The molecule has 0 aromatic carbocycles. The normalized spacial score (nSPS) is 57.2. The first kappa shape index (κ1) is 7.64. The molecule has 2 aliphatic heterocycles. The van der Waals surface area contributed by atoms with Crippen molar-refractivity contribution in [2.75, 3.05) is 13.1 Å². The Hall–Kier alpha value is 0.250. The summed E-state index contributed by atoms with van der Waals surface area (Å²) in [5.41, 5.74) is 0.615. The van der Waals surface area contributed by atoms with Crippen molar-refractivity contribution in [3.63, 3.8) is 0 Å². The summed E-state index contributed by atoms with van der Waals surface area (Å²) in [6.45, 7) is 2.47. The Labute approximate surface area is 78.9 Å². The molecule has 0 aromatic heterocycles. The molecule has 2 heteroatoms. The highest BCUT2D eigenvalue weighted by Gasteiger charge is 2.52. The van der Waals surface area contributed by atoms with Crippen LogP contribution in [0.25, 0.3) is 0 Å². The standard InChI is InChI=1S/C10H16ClN/c11-9-4-10-2-1-7(5-12-6-10)8(9)3-10/h7-9,12H,1-6H2. The molecule has 4 aliphatic rings. The molecule has 1 nitrogen and oxygen atoms in total. The van der Waals surface area contributed by atoms with Crippen molar-refractivity contribution in [2.24, 2.45) is 17.3 Å². The van der Waals surface area contributed by atoms with Crippen LogP contribution in [-0.4, -0.2) is 18.5 Å². The summed E-state index contributed by atoms with van der Waals surface area (Å²) in [5.74, 6) is 1.74. The first-order chi connectivity index (χ1) is 5.79. The number of nitrogens with one attached hydrogen (secondary N) is 1. The van der Waals surface area contributed by atoms with Crippen LogP contribution in [0.4, 0.5) is 0 Å². The quantitative estimate of drug-likeness (QED) is 0.570. The van der Waals surface area contributed by atoms with Gasteiger partial charge in [-0.1, -0.05) is 0 Å². The largest absolute Gasteiger partial charge is 0.316 e. The maximum Gasteiger partial charge on any atom is 0.0373 e. The van der Waals surface area contributed by atoms with E-state index in [-0.39, 0.29) is 0 Å². The van der Waals surface area contributed by atoms with Crippen molar-refractivity contribution < 1.29 is 0 Å². The molecule has 4 unspecified atom stereocenters. The van der Waals surface area contributed by atoms with Gasteiger partial charge < -0.3 is 5.32 Å². The Bertz CT molecular complexity index is 202. The van der Waals surface area contributed by atoms with Gasteiger partial charge >= 0.3 is 0 Å². The Kier molecular flexibility index (Phi) is 1.52. The fourth-order valence-corrected chi connectivity index (χ4v) is 4.28. The topological polar surface area (TPSA) is 12.0 Å². The number of fused-ring (bicyclic) bond motifs is 3. The van der Waals surface area contributed by atoms with Crippen molar-refractivity contribution in [1.82, 2.24) is 5.32 Å². The third-order valence-corrected chi connectivity index (χ3v) is 4.80. The van der Waals surface area contributed by atoms with Gasteiger partial charge in [0.1, 0.15) is 0 Å². The number of hydrogen-bond donors (Lipinski definition) is 1. The number of halogens is 1. The third kappa shape index (κ3) is 0.898. The fraction of sp³-hybridized carbons (Fsp3) is 1.00. The van der Waals surface area contributed by atoms with Crippen LogP contribution in [0.1, 0.15) is 25.7 Å². The second kappa shape index (κ2) is 2.39. The minimum atomic E-state index is 0.500. The van der Waals surface area contributed by atoms with Gasteiger partial charge in [0.2, 0.25) is 0 Å². The van der Waals surface area contributed by atoms with Crippen LogP contribution in [0.5, 0.6) is 0 Å². The lowest BCUT2D eigenvalue weighted by molar-refractivity contribution is 0.201. The number of alkyl halides is 1. The van der Waals surface area contributed by atoms with Gasteiger partial charge in [-0.15, -0.1) is 11.6 Å². The molecule has 4 rings (SSSR count). The van der Waals surface area contributed by atoms with Crippen LogP contribution < -0.4 is 5.32 Å². The van der Waals surface area contributed by atoms with Crippen LogP contribution in [-0.2, 0) is 0 Å². The molecular formula is C10H16ClN. The molecule has 2 heterocycles. The van der Waals surface area contributed by atoms with E-state index in [2.05, 4.69) is 5.32 Å². The molecule has 0 radical (unpaired) electrons. The van der Waals surface area contributed by atoms with Gasteiger partial charge in [0.05, 0.1) is 0 Å². The molecule has 4 fully saturated rings. The molecule has 2 saturated heterocycles. The summed E-state index contributed by atoms with van der Waals surface area (Å²) in [6, 6.07) is 0. The minimum absolute atomic E-state index is 0.500. The number of hydrogen-bond acceptors (Lipinski definition) is 1. The Morgan fingerprint density at radius 2 is 2.25 bits per heavy atom. The summed E-state index contributed by atoms with van der Waals surface area (Å²) in [6.07, 6.45) is 5.56. The first-order valence-electron chi connectivity index (χ1n) is 5.14. The van der Waals surface area contributed by atoms with Crippen molar-refractivity contribution >= 4 is 11.6 Å². The molecule has 2 saturated carbocycles. The van der Waals surface area contributed by atoms with Crippen LogP contribution in [0.2, 0.25) is 0 Å². The first-order valence-corrected chi connectivity index (χ1v) is 5.58. The van der Waals surface area contributed by atoms with Crippen LogP contribution in [0, 0.1) is 17.3 Å². The lowest BCUT2D eigenvalue weighted by Gasteiger charge is -2.31. The molecule has 3 bridgehead atoms. The summed E-state index contributed by atoms with van der Waals surface area (Å²) in [7, 11) is 0. The Balaban J connectivity index is 1.98. The van der Waals surface area contributed by atoms with Gasteiger partial charge in [0.25, 0.3) is 0 Å².